The summed E-state index contributed by atoms with van der Waals surface area (Å²) in [5.41, 5.74) is -5.38. The molecule has 1 spiro atoms. The van der Waals surface area contributed by atoms with Crippen molar-refractivity contribution in [2.75, 3.05) is 6.61 Å². The quantitative estimate of drug-likeness (QED) is 0.134. The third-order valence-electron chi connectivity index (χ3n) is 11.4. The lowest BCUT2D eigenvalue weighted by Crippen LogP contribution is -2.76. The number of fused-ring (bicyclic) bond motifs is 4. The Morgan fingerprint density at radius 1 is 0.755 bits per heavy atom. The number of ether oxygens (including phenoxy) is 7. The van der Waals surface area contributed by atoms with Crippen molar-refractivity contribution in [3.8, 4) is 0 Å². The average molecular weight is 741 g/mol. The van der Waals surface area contributed by atoms with Crippen LogP contribution in [0.3, 0.4) is 0 Å². The molecule has 0 aromatic heterocycles. The lowest BCUT2D eigenvalue weighted by molar-refractivity contribution is -0.284. The average Bonchev–Trinajstić information content (AvgIpc) is 3.83. The summed E-state index contributed by atoms with van der Waals surface area (Å²) in [5, 5.41) is 13.3. The van der Waals surface area contributed by atoms with E-state index in [-0.39, 0.29) is 25.0 Å². The van der Waals surface area contributed by atoms with Gasteiger partial charge in [-0.3, -0.25) is 24.0 Å². The van der Waals surface area contributed by atoms with Gasteiger partial charge in [-0.25, -0.2) is 4.79 Å². The van der Waals surface area contributed by atoms with Gasteiger partial charge in [0.1, 0.15) is 35.6 Å². The Bertz CT molecular complexity index is 1720. The van der Waals surface area contributed by atoms with Crippen molar-refractivity contribution in [2.45, 2.75) is 123 Å². The second kappa shape index (κ2) is 14.3. The van der Waals surface area contributed by atoms with Gasteiger partial charge in [0, 0.05) is 64.9 Å². The van der Waals surface area contributed by atoms with Gasteiger partial charge in [-0.15, -0.1) is 0 Å². The van der Waals surface area contributed by atoms with Crippen LogP contribution in [-0.4, -0.2) is 95.4 Å². The van der Waals surface area contributed by atoms with E-state index in [0.29, 0.717) is 5.57 Å². The third kappa shape index (κ3) is 7.10. The minimum Gasteiger partial charge on any atom is -0.462 e. The summed E-state index contributed by atoms with van der Waals surface area (Å²) in [6.45, 7) is 12.4. The van der Waals surface area contributed by atoms with Crippen molar-refractivity contribution in [1.82, 2.24) is 0 Å². The monoisotopic (exact) mass is 740 g/mol. The van der Waals surface area contributed by atoms with Crippen molar-refractivity contribution < 1.29 is 67.0 Å². The fourth-order valence-corrected chi connectivity index (χ4v) is 9.13. The highest BCUT2D eigenvalue weighted by molar-refractivity contribution is 5.87. The Morgan fingerprint density at radius 3 is 1.83 bits per heavy atom. The van der Waals surface area contributed by atoms with Crippen molar-refractivity contribution in [3.63, 3.8) is 0 Å². The molecular formula is C39H48O14. The molecule has 0 radical (unpaired) electrons. The fourth-order valence-electron chi connectivity index (χ4n) is 9.13. The molecule has 1 aliphatic heterocycles. The summed E-state index contributed by atoms with van der Waals surface area (Å²) in [5.74, 6) is -5.81. The first-order valence-corrected chi connectivity index (χ1v) is 17.6. The number of esters is 6. The molecule has 1 N–H and O–H groups in total. The highest BCUT2D eigenvalue weighted by atomic mass is 16.6. The van der Waals surface area contributed by atoms with Crippen LogP contribution in [0.5, 0.6) is 0 Å². The van der Waals surface area contributed by atoms with Crippen LogP contribution in [0.2, 0.25) is 0 Å². The normalized spacial score (nSPS) is 35.5. The summed E-state index contributed by atoms with van der Waals surface area (Å²) in [6, 6.07) is 9.04. The van der Waals surface area contributed by atoms with Crippen molar-refractivity contribution >= 4 is 41.9 Å². The molecule has 1 aromatic rings. The van der Waals surface area contributed by atoms with Gasteiger partial charge in [-0.2, -0.15) is 0 Å². The van der Waals surface area contributed by atoms with E-state index >= 15 is 0 Å². The highest BCUT2D eigenvalue weighted by Gasteiger charge is 2.80. The van der Waals surface area contributed by atoms with Crippen molar-refractivity contribution in [3.05, 3.63) is 53.1 Å². The zero-order chi connectivity index (χ0) is 39.3. The molecule has 3 fully saturated rings. The molecule has 5 rings (SSSR count). The van der Waals surface area contributed by atoms with E-state index < -0.39 is 100 Å². The lowest BCUT2D eigenvalue weighted by Gasteiger charge is -2.64. The number of benzene rings is 1. The maximum Gasteiger partial charge on any atom is 0.331 e. The molecule has 1 saturated heterocycles. The first kappa shape index (κ1) is 39.6. The van der Waals surface area contributed by atoms with Gasteiger partial charge in [-0.1, -0.05) is 51.1 Å². The Balaban J connectivity index is 1.82. The zero-order valence-corrected chi connectivity index (χ0v) is 31.5. The molecule has 288 valence electrons. The molecule has 4 aliphatic rings. The lowest BCUT2D eigenvalue weighted by atomic mass is 9.45. The Labute approximate surface area is 308 Å². The Kier molecular flexibility index (Phi) is 10.7. The first-order valence-electron chi connectivity index (χ1n) is 17.6. The number of carbonyl (C=O) groups is 6. The van der Waals surface area contributed by atoms with Gasteiger partial charge in [0.05, 0.1) is 12.0 Å². The SMILES string of the molecule is CC(=O)O[C@H]1C[C@@]2(O)[C@@H](OC(C)=O)[C@@H]3[C@]4(CO4)[C@@H](OC(=O)/C=C/c4ccccc4)C[C@H](OC(C)=O)[C@@]3(C)[C@@H](OC(C)=O)[C@H](OC(C)=O)C(=C1C)C2(C)C. The molecular weight excluding hydrogens is 692 g/mol. The zero-order valence-electron chi connectivity index (χ0n) is 31.5. The van der Waals surface area contributed by atoms with Crippen LogP contribution in [-0.2, 0) is 61.9 Å². The van der Waals surface area contributed by atoms with E-state index in [2.05, 4.69) is 0 Å². The third-order valence-corrected chi connectivity index (χ3v) is 11.4. The molecule has 0 unspecified atom stereocenters. The molecule has 14 nitrogen and oxygen atoms in total. The molecule has 53 heavy (non-hydrogen) atoms. The van der Waals surface area contributed by atoms with E-state index in [1.165, 1.54) is 26.8 Å². The molecule has 1 heterocycles. The van der Waals surface area contributed by atoms with E-state index in [4.69, 9.17) is 33.2 Å². The van der Waals surface area contributed by atoms with Gasteiger partial charge in [0.2, 0.25) is 0 Å². The van der Waals surface area contributed by atoms with Crippen LogP contribution in [0, 0.1) is 16.7 Å². The molecule has 14 heteroatoms. The maximum absolute atomic E-state index is 13.5. The summed E-state index contributed by atoms with van der Waals surface area (Å²) in [6.07, 6.45) is -5.71. The fraction of sp³-hybridized carbons (Fsp3) is 0.590. The molecule has 3 aliphatic carbocycles. The van der Waals surface area contributed by atoms with E-state index in [9.17, 15) is 33.9 Å². The minimum atomic E-state index is -2.13. The van der Waals surface area contributed by atoms with Crippen LogP contribution in [0.4, 0.5) is 0 Å². The molecule has 0 amide bonds. The largest absolute Gasteiger partial charge is 0.462 e. The van der Waals surface area contributed by atoms with Crippen molar-refractivity contribution in [2.24, 2.45) is 16.7 Å². The van der Waals surface area contributed by atoms with Crippen LogP contribution >= 0.6 is 0 Å². The topological polar surface area (TPSA) is 191 Å². The van der Waals surface area contributed by atoms with E-state index in [1.54, 1.807) is 45.9 Å². The number of rotatable bonds is 8. The summed E-state index contributed by atoms with van der Waals surface area (Å²) >= 11 is 0. The van der Waals surface area contributed by atoms with E-state index in [0.717, 1.165) is 19.4 Å². The van der Waals surface area contributed by atoms with Crippen LogP contribution in [0.1, 0.15) is 80.7 Å². The van der Waals surface area contributed by atoms with Crippen LogP contribution in [0.15, 0.2) is 47.6 Å². The van der Waals surface area contributed by atoms with Gasteiger partial charge >= 0.3 is 35.8 Å². The van der Waals surface area contributed by atoms with Gasteiger partial charge in [-0.05, 0) is 29.7 Å². The first-order chi connectivity index (χ1) is 24.7. The summed E-state index contributed by atoms with van der Waals surface area (Å²) < 4.78 is 42.4. The van der Waals surface area contributed by atoms with Crippen LogP contribution in [0.25, 0.3) is 6.08 Å². The predicted octanol–water partition coefficient (Wildman–Crippen LogP) is 3.56. The minimum absolute atomic E-state index is 0.0746. The Morgan fingerprint density at radius 2 is 1.30 bits per heavy atom. The number of aliphatic hydroxyl groups is 1. The predicted molar refractivity (Wildman–Crippen MR) is 184 cm³/mol. The van der Waals surface area contributed by atoms with Crippen LogP contribution < -0.4 is 0 Å². The van der Waals surface area contributed by atoms with Crippen molar-refractivity contribution in [1.29, 1.82) is 0 Å². The Hall–Kier alpha value is -4.56. The molecule has 10 atom stereocenters. The number of hydrogen-bond donors (Lipinski definition) is 1. The summed E-state index contributed by atoms with van der Waals surface area (Å²) in [4.78, 5) is 78.1. The second-order valence-electron chi connectivity index (χ2n) is 15.1. The highest BCUT2D eigenvalue weighted by Crippen LogP contribution is 2.67. The smallest absolute Gasteiger partial charge is 0.331 e. The number of epoxide rings is 1. The van der Waals surface area contributed by atoms with E-state index in [1.807, 2.05) is 18.2 Å². The molecule has 1 aromatic carbocycles. The molecule has 2 bridgehead atoms. The number of hydrogen-bond acceptors (Lipinski definition) is 14. The maximum atomic E-state index is 13.5. The standard InChI is InChI=1S/C39H48O14/c1-20-27(48-21(2)40)18-39(46)35(52-25(6)44)33-37(9,34(51-24(5)43)32(50-23(4)42)31(20)36(39,7)8)28(49-22(3)41)17-29(38(33)19-47-38)53-30(45)16-15-26-13-11-10-12-14-26/h10-16,27-29,32-35,46H,17-19H2,1-9H3/b16-15+/t27-,28-,29-,32+,33-,34-,35-,37+,38-,39+/m0/s1. The number of carbonyl (C=O) groups excluding carboxylic acids is 6. The molecule has 2 saturated carbocycles. The second-order valence-corrected chi connectivity index (χ2v) is 15.1. The van der Waals surface area contributed by atoms with Gasteiger partial charge < -0.3 is 38.3 Å². The van der Waals surface area contributed by atoms with Gasteiger partial charge in [0.15, 0.2) is 12.2 Å². The van der Waals surface area contributed by atoms with Gasteiger partial charge in [0.25, 0.3) is 0 Å². The summed E-state index contributed by atoms with van der Waals surface area (Å²) in [7, 11) is 0.